The minimum Gasteiger partial charge on any atom is -0.483 e. The number of aliphatic hydroxyl groups excluding tert-OH is 1. The van der Waals surface area contributed by atoms with Crippen LogP contribution in [0.5, 0.6) is 5.75 Å². The van der Waals surface area contributed by atoms with Gasteiger partial charge in [-0.1, -0.05) is 57.7 Å². The van der Waals surface area contributed by atoms with Crippen LogP contribution < -0.4 is 15.4 Å². The van der Waals surface area contributed by atoms with E-state index in [1.165, 1.54) is 9.80 Å². The summed E-state index contributed by atoms with van der Waals surface area (Å²) in [4.78, 5) is 77.1. The first kappa shape index (κ1) is 39.3. The summed E-state index contributed by atoms with van der Waals surface area (Å²) in [5.74, 6) is -1.87. The molecule has 4 atom stereocenters. The number of para-hydroxylation sites is 1. The lowest BCUT2D eigenvalue weighted by Crippen LogP contribution is -2.57. The molecule has 1 fully saturated rings. The second-order valence-corrected chi connectivity index (χ2v) is 14.1. The Labute approximate surface area is 301 Å². The first-order valence-electron chi connectivity index (χ1n) is 18.1. The number of pyridine rings is 1. The highest BCUT2D eigenvalue weighted by Gasteiger charge is 2.44. The second-order valence-electron chi connectivity index (χ2n) is 14.1. The highest BCUT2D eigenvalue weighted by atomic mass is 16.5. The highest BCUT2D eigenvalue weighted by Crippen LogP contribution is 2.25. The van der Waals surface area contributed by atoms with Gasteiger partial charge in [-0.3, -0.25) is 29.0 Å². The Balaban J connectivity index is 1.63. The SMILES string of the molecule is CC(C)C[C@H]1NC(=O)c2ccccc2OCC(=O)N(C)CCCCCCCCNC(=O)[C@H](Cc2cccnc2)N(C)C(=O)[C@H]2C[C@H](O)CN2C1=O. The van der Waals surface area contributed by atoms with Gasteiger partial charge in [0.15, 0.2) is 6.61 Å². The number of rotatable bonds is 4. The zero-order valence-electron chi connectivity index (χ0n) is 30.4. The maximum atomic E-state index is 14.2. The van der Waals surface area contributed by atoms with Crippen LogP contribution in [-0.2, 0) is 25.6 Å². The van der Waals surface area contributed by atoms with E-state index in [0.717, 1.165) is 44.1 Å². The maximum Gasteiger partial charge on any atom is 0.260 e. The molecule has 2 aliphatic heterocycles. The Bertz CT molecular complexity index is 1490. The van der Waals surface area contributed by atoms with E-state index in [-0.39, 0.29) is 61.5 Å². The Morgan fingerprint density at radius 2 is 1.67 bits per heavy atom. The molecule has 0 unspecified atom stereocenters. The number of carbonyl (C=O) groups is 5. The zero-order valence-corrected chi connectivity index (χ0v) is 30.4. The number of ether oxygens (including phenoxy) is 1. The Kier molecular flexibility index (Phi) is 14.8. The lowest BCUT2D eigenvalue weighted by Gasteiger charge is -2.34. The molecule has 5 amide bonds. The van der Waals surface area contributed by atoms with Crippen LogP contribution in [0, 0.1) is 5.92 Å². The van der Waals surface area contributed by atoms with Gasteiger partial charge in [-0.15, -0.1) is 0 Å². The fourth-order valence-corrected chi connectivity index (χ4v) is 6.62. The summed E-state index contributed by atoms with van der Waals surface area (Å²) in [6, 6.07) is 7.22. The summed E-state index contributed by atoms with van der Waals surface area (Å²) < 4.78 is 5.84. The molecule has 13 heteroatoms. The number of likely N-dealkylation sites (N-methyl/N-ethyl adjacent to an activating group) is 2. The third-order valence-electron chi connectivity index (χ3n) is 9.56. The summed E-state index contributed by atoms with van der Waals surface area (Å²) in [6.45, 7) is 4.53. The van der Waals surface area contributed by atoms with Crippen molar-refractivity contribution < 1.29 is 33.8 Å². The lowest BCUT2D eigenvalue weighted by molar-refractivity contribution is -0.147. The third-order valence-corrected chi connectivity index (χ3v) is 9.56. The fourth-order valence-electron chi connectivity index (χ4n) is 6.62. The Morgan fingerprint density at radius 3 is 2.39 bits per heavy atom. The van der Waals surface area contributed by atoms with Crippen LogP contribution >= 0.6 is 0 Å². The molecule has 51 heavy (non-hydrogen) atoms. The number of nitrogens with zero attached hydrogens (tertiary/aromatic N) is 4. The van der Waals surface area contributed by atoms with Crippen LogP contribution in [0.4, 0.5) is 0 Å². The van der Waals surface area contributed by atoms with E-state index in [4.69, 9.17) is 4.74 Å². The van der Waals surface area contributed by atoms with E-state index in [2.05, 4.69) is 15.6 Å². The standard InChI is InChI=1S/C38H54N6O7/c1-26(2)20-30-37(49)44-24-28(45)22-32(44)38(50)43(4)31(21-27-14-13-17-39-23-27)36(48)40-18-11-7-5-6-8-12-19-42(3)34(46)25-51-33-16-10-9-15-29(33)35(47)41-30/h9-10,13-17,23,26,28,30-32,45H,5-8,11-12,18-22,24-25H2,1-4H3,(H,40,48)(H,41,47)/t28-,30+,31-,32+/m0/s1. The van der Waals surface area contributed by atoms with E-state index >= 15 is 0 Å². The topological polar surface area (TPSA) is 161 Å². The zero-order chi connectivity index (χ0) is 36.9. The molecule has 1 aromatic carbocycles. The largest absolute Gasteiger partial charge is 0.483 e. The number of nitrogens with one attached hydrogen (secondary N) is 2. The molecule has 0 radical (unpaired) electrons. The Morgan fingerprint density at radius 1 is 0.941 bits per heavy atom. The molecule has 0 saturated carbocycles. The first-order valence-corrected chi connectivity index (χ1v) is 18.1. The van der Waals surface area contributed by atoms with E-state index in [9.17, 15) is 29.1 Å². The average molecular weight is 707 g/mol. The highest BCUT2D eigenvalue weighted by molar-refractivity contribution is 6.00. The monoisotopic (exact) mass is 706 g/mol. The van der Waals surface area contributed by atoms with Gasteiger partial charge >= 0.3 is 0 Å². The van der Waals surface area contributed by atoms with Gasteiger partial charge in [-0.25, -0.2) is 0 Å². The summed E-state index contributed by atoms with van der Waals surface area (Å²) in [5.41, 5.74) is 0.940. The summed E-state index contributed by atoms with van der Waals surface area (Å²) in [6.07, 6.45) is 8.30. The van der Waals surface area contributed by atoms with Crippen LogP contribution in [0.1, 0.15) is 81.1 Å². The number of amides is 5. The van der Waals surface area contributed by atoms with Gasteiger partial charge in [0, 0.05) is 59.0 Å². The van der Waals surface area contributed by atoms with Crippen LogP contribution in [0.25, 0.3) is 0 Å². The molecule has 13 nitrogen and oxygen atoms in total. The normalized spacial score (nSPS) is 24.2. The van der Waals surface area contributed by atoms with Gasteiger partial charge in [0.1, 0.15) is 23.9 Å². The number of hydrogen-bond acceptors (Lipinski definition) is 8. The molecule has 278 valence electrons. The van der Waals surface area contributed by atoms with Crippen LogP contribution in [-0.4, -0.2) is 119 Å². The van der Waals surface area contributed by atoms with Gasteiger partial charge in [0.2, 0.25) is 17.7 Å². The van der Waals surface area contributed by atoms with Gasteiger partial charge < -0.3 is 35.2 Å². The van der Waals surface area contributed by atoms with E-state index < -0.39 is 42.0 Å². The van der Waals surface area contributed by atoms with Gasteiger partial charge in [0.05, 0.1) is 11.7 Å². The minimum absolute atomic E-state index is 0.00234. The van der Waals surface area contributed by atoms with Crippen LogP contribution in [0.3, 0.4) is 0 Å². The predicted octanol–water partition coefficient (Wildman–Crippen LogP) is 2.57. The van der Waals surface area contributed by atoms with Crippen molar-refractivity contribution in [3.63, 3.8) is 0 Å². The molecule has 2 aliphatic rings. The molecule has 0 spiro atoms. The quantitative estimate of drug-likeness (QED) is 0.438. The smallest absolute Gasteiger partial charge is 0.260 e. The first-order chi connectivity index (χ1) is 24.5. The van der Waals surface area contributed by atoms with E-state index in [0.29, 0.717) is 13.1 Å². The molecule has 1 saturated heterocycles. The molecule has 3 heterocycles. The van der Waals surface area contributed by atoms with Gasteiger partial charge in [-0.05, 0) is 48.9 Å². The molecule has 3 N–H and O–H groups in total. The molecule has 0 bridgehead atoms. The fraction of sp³-hybridized carbons (Fsp3) is 0.579. The Hall–Kier alpha value is -4.52. The van der Waals surface area contributed by atoms with Crippen LogP contribution in [0.15, 0.2) is 48.8 Å². The number of aliphatic hydroxyl groups is 1. The van der Waals surface area contributed by atoms with Crippen molar-refractivity contribution >= 4 is 29.5 Å². The molecular weight excluding hydrogens is 652 g/mol. The molecule has 4 rings (SSSR count). The van der Waals surface area contributed by atoms with E-state index in [1.807, 2.05) is 19.9 Å². The van der Waals surface area contributed by atoms with E-state index in [1.54, 1.807) is 61.7 Å². The van der Waals surface area contributed by atoms with Crippen molar-refractivity contribution in [3.05, 3.63) is 59.9 Å². The van der Waals surface area contributed by atoms with Crippen molar-refractivity contribution in [2.24, 2.45) is 5.92 Å². The van der Waals surface area contributed by atoms with Crippen LogP contribution in [0.2, 0.25) is 0 Å². The lowest BCUT2D eigenvalue weighted by atomic mass is 10.0. The number of aromatic nitrogens is 1. The summed E-state index contributed by atoms with van der Waals surface area (Å²) in [7, 11) is 3.28. The molecule has 2 aromatic rings. The average Bonchev–Trinajstić information content (AvgIpc) is 3.51. The van der Waals surface area contributed by atoms with Gasteiger partial charge in [0.25, 0.3) is 11.8 Å². The number of benzene rings is 1. The molecule has 0 aliphatic carbocycles. The number of carbonyl (C=O) groups excluding carboxylic acids is 5. The van der Waals surface area contributed by atoms with Gasteiger partial charge in [-0.2, -0.15) is 0 Å². The predicted molar refractivity (Wildman–Crippen MR) is 192 cm³/mol. The second kappa shape index (κ2) is 19.2. The van der Waals surface area contributed by atoms with Crippen molar-refractivity contribution in [1.29, 1.82) is 0 Å². The minimum atomic E-state index is -1.04. The summed E-state index contributed by atoms with van der Waals surface area (Å²) >= 11 is 0. The van der Waals surface area contributed by atoms with Crippen molar-refractivity contribution in [2.75, 3.05) is 40.3 Å². The van der Waals surface area contributed by atoms with Crippen molar-refractivity contribution in [1.82, 2.24) is 30.3 Å². The van der Waals surface area contributed by atoms with Crippen molar-refractivity contribution in [2.45, 2.75) is 95.9 Å². The summed E-state index contributed by atoms with van der Waals surface area (Å²) in [5, 5.41) is 16.6. The third kappa shape index (κ3) is 11.2. The maximum absolute atomic E-state index is 14.2. The number of hydrogen-bond donors (Lipinski definition) is 3. The molecule has 1 aromatic heterocycles. The molecular formula is C38H54N6O7. The number of fused-ring (bicyclic) bond motifs is 2. The van der Waals surface area contributed by atoms with Crippen molar-refractivity contribution in [3.8, 4) is 5.75 Å².